The predicted octanol–water partition coefficient (Wildman–Crippen LogP) is 12.5. The molecule has 0 N–H and O–H groups in total. The molecule has 6 aromatic carbocycles. The average molecular weight is 636 g/mol. The molecule has 2 heterocycles. The van der Waals surface area contributed by atoms with Crippen molar-refractivity contribution >= 4 is 21.8 Å². The molecule has 0 aliphatic rings. The number of aromatic nitrogens is 3. The van der Waals surface area contributed by atoms with E-state index in [-0.39, 0.29) is 0 Å². The average Bonchev–Trinajstić information content (AvgIpc) is 3.49. The number of rotatable bonds is 5. The number of nitrogens with zero attached hydrogens (tertiary/aromatic N) is 3. The summed E-state index contributed by atoms with van der Waals surface area (Å²) in [6, 6.07) is 49.5. The fourth-order valence-corrected chi connectivity index (χ4v) is 6.95. The van der Waals surface area contributed by atoms with Crippen LogP contribution in [0.4, 0.5) is 0 Å². The minimum absolute atomic E-state index is 0.732. The molecule has 0 aliphatic carbocycles. The van der Waals surface area contributed by atoms with Gasteiger partial charge in [-0.05, 0) is 97.5 Å². The van der Waals surface area contributed by atoms with Crippen LogP contribution in [0.5, 0.6) is 0 Å². The van der Waals surface area contributed by atoms with Gasteiger partial charge in [-0.1, -0.05) is 117 Å². The Kier molecular flexibility index (Phi) is 8.67. The lowest BCUT2D eigenvalue weighted by molar-refractivity contribution is 1.14. The van der Waals surface area contributed by atoms with E-state index in [1.54, 1.807) is 0 Å². The second-order valence-electron chi connectivity index (χ2n) is 12.5. The lowest BCUT2D eigenvalue weighted by atomic mass is 9.90. The van der Waals surface area contributed by atoms with Gasteiger partial charge >= 0.3 is 0 Å². The topological polar surface area (TPSA) is 30.7 Å². The van der Waals surface area contributed by atoms with Crippen LogP contribution in [0.2, 0.25) is 0 Å². The lowest BCUT2D eigenvalue weighted by Gasteiger charge is -2.18. The molecule has 3 heteroatoms. The van der Waals surface area contributed by atoms with Gasteiger partial charge in [0.1, 0.15) is 0 Å². The fourth-order valence-electron chi connectivity index (χ4n) is 6.95. The summed E-state index contributed by atoms with van der Waals surface area (Å²) in [5, 5.41) is 2.56. The molecule has 0 bridgehead atoms. The van der Waals surface area contributed by atoms with Crippen LogP contribution in [-0.2, 0) is 0 Å². The Bertz CT molecular complexity index is 2330. The third kappa shape index (κ3) is 5.83. The van der Waals surface area contributed by atoms with E-state index in [4.69, 9.17) is 9.97 Å². The Labute approximate surface area is 289 Å². The predicted molar refractivity (Wildman–Crippen MR) is 208 cm³/mol. The molecule has 2 aromatic heterocycles. The second kappa shape index (κ2) is 13.4. The maximum atomic E-state index is 5.11. The Morgan fingerprint density at radius 2 is 0.857 bits per heavy atom. The molecule has 0 fully saturated rings. The van der Waals surface area contributed by atoms with Crippen LogP contribution in [0.15, 0.2) is 140 Å². The summed E-state index contributed by atoms with van der Waals surface area (Å²) in [6.07, 6.45) is 0. The third-order valence-corrected chi connectivity index (χ3v) is 9.33. The minimum Gasteiger partial charge on any atom is -0.309 e. The second-order valence-corrected chi connectivity index (χ2v) is 12.5. The van der Waals surface area contributed by atoms with Gasteiger partial charge in [-0.25, -0.2) is 9.97 Å². The highest BCUT2D eigenvalue weighted by molar-refractivity contribution is 6.09. The Hall–Kier alpha value is -5.80. The van der Waals surface area contributed by atoms with E-state index in [0.717, 1.165) is 33.9 Å². The number of benzene rings is 6. The third-order valence-electron chi connectivity index (χ3n) is 9.33. The lowest BCUT2D eigenvalue weighted by Crippen LogP contribution is -2.00. The molecular weight excluding hydrogens is 595 g/mol. The monoisotopic (exact) mass is 635 g/mol. The van der Waals surface area contributed by atoms with Gasteiger partial charge < -0.3 is 4.57 Å². The number of fused-ring (bicyclic) bond motifs is 3. The first-order valence-electron chi connectivity index (χ1n) is 17.2. The van der Waals surface area contributed by atoms with E-state index in [2.05, 4.69) is 148 Å². The Morgan fingerprint density at radius 3 is 1.47 bits per heavy atom. The number of para-hydroxylation sites is 2. The molecule has 8 rings (SSSR count). The summed E-state index contributed by atoms with van der Waals surface area (Å²) in [4.78, 5) is 10.1. The molecule has 0 amide bonds. The molecule has 0 saturated heterocycles. The summed E-state index contributed by atoms with van der Waals surface area (Å²) in [5.74, 6) is 0.732. The molecular formula is C46H41N3. The van der Waals surface area contributed by atoms with Crippen molar-refractivity contribution in [2.45, 2.75) is 41.5 Å². The summed E-state index contributed by atoms with van der Waals surface area (Å²) in [7, 11) is 0. The molecule has 0 aliphatic heterocycles. The van der Waals surface area contributed by atoms with Crippen molar-refractivity contribution in [3.8, 4) is 50.7 Å². The van der Waals surface area contributed by atoms with E-state index in [0.29, 0.717) is 0 Å². The highest BCUT2D eigenvalue weighted by Crippen LogP contribution is 2.38. The molecule has 8 aromatic rings. The van der Waals surface area contributed by atoms with Crippen LogP contribution >= 0.6 is 0 Å². The van der Waals surface area contributed by atoms with Crippen LogP contribution in [-0.4, -0.2) is 14.5 Å². The van der Waals surface area contributed by atoms with Crippen molar-refractivity contribution in [1.82, 2.24) is 14.5 Å². The summed E-state index contributed by atoms with van der Waals surface area (Å²) in [5.41, 5.74) is 16.2. The number of hydrogen-bond acceptors (Lipinski definition) is 2. The van der Waals surface area contributed by atoms with Crippen molar-refractivity contribution in [1.29, 1.82) is 0 Å². The quantitative estimate of drug-likeness (QED) is 0.188. The van der Waals surface area contributed by atoms with Crippen molar-refractivity contribution in [2.75, 3.05) is 0 Å². The van der Waals surface area contributed by atoms with E-state index in [1.165, 1.54) is 60.9 Å². The maximum absolute atomic E-state index is 5.11. The summed E-state index contributed by atoms with van der Waals surface area (Å²) >= 11 is 0. The molecule has 0 saturated carbocycles. The Balaban J connectivity index is 0.00000186. The largest absolute Gasteiger partial charge is 0.309 e. The normalized spacial score (nSPS) is 11.1. The SMILES string of the molecule is CC.Cc1cc(-c2cc(C)c(-n3c4ccccc4c4ccccc43)cc2C)c(C)cc1-c1cc(-c2ccccc2)nc(-c2ccccc2)n1. The zero-order valence-corrected chi connectivity index (χ0v) is 29.1. The van der Waals surface area contributed by atoms with Crippen LogP contribution in [0.1, 0.15) is 36.1 Å². The molecule has 49 heavy (non-hydrogen) atoms. The highest BCUT2D eigenvalue weighted by atomic mass is 15.0. The standard InChI is InChI=1S/C44H35N3.C2H6/c1-28-24-38(40-27-39(32-15-7-5-8-16-32)45-44(46-40)33-17-9-6-10-18-33)29(2)23-36(28)37-25-31(4)43(26-30(37)3)47-41-21-13-11-19-34(41)35-20-12-14-22-42(35)47;1-2/h5-27H,1-4H3;1-2H3. The van der Waals surface area contributed by atoms with Crippen molar-refractivity contribution in [2.24, 2.45) is 0 Å². The number of aryl methyl sites for hydroxylation is 4. The zero-order valence-electron chi connectivity index (χ0n) is 29.1. The molecule has 0 spiro atoms. The van der Waals surface area contributed by atoms with Crippen molar-refractivity contribution in [3.05, 3.63) is 162 Å². The van der Waals surface area contributed by atoms with Crippen molar-refractivity contribution in [3.63, 3.8) is 0 Å². The van der Waals surface area contributed by atoms with Gasteiger partial charge in [0.25, 0.3) is 0 Å². The first-order chi connectivity index (χ1) is 24.0. The van der Waals surface area contributed by atoms with Crippen LogP contribution in [0, 0.1) is 27.7 Å². The summed E-state index contributed by atoms with van der Waals surface area (Å²) < 4.78 is 2.42. The molecule has 0 atom stereocenters. The molecule has 240 valence electrons. The van der Waals surface area contributed by atoms with E-state index >= 15 is 0 Å². The smallest absolute Gasteiger partial charge is 0.160 e. The molecule has 0 radical (unpaired) electrons. The van der Waals surface area contributed by atoms with Gasteiger partial charge in [0, 0.05) is 33.2 Å². The van der Waals surface area contributed by atoms with Crippen LogP contribution in [0.25, 0.3) is 72.5 Å². The van der Waals surface area contributed by atoms with Gasteiger partial charge in [-0.3, -0.25) is 0 Å². The minimum atomic E-state index is 0.732. The maximum Gasteiger partial charge on any atom is 0.160 e. The fraction of sp³-hybridized carbons (Fsp3) is 0.130. The zero-order chi connectivity index (χ0) is 34.1. The van der Waals surface area contributed by atoms with Gasteiger partial charge in [-0.15, -0.1) is 0 Å². The van der Waals surface area contributed by atoms with E-state index < -0.39 is 0 Å². The van der Waals surface area contributed by atoms with E-state index in [1.807, 2.05) is 38.1 Å². The van der Waals surface area contributed by atoms with Crippen LogP contribution in [0.3, 0.4) is 0 Å². The number of hydrogen-bond donors (Lipinski definition) is 0. The van der Waals surface area contributed by atoms with Gasteiger partial charge in [-0.2, -0.15) is 0 Å². The highest BCUT2D eigenvalue weighted by Gasteiger charge is 2.18. The molecule has 3 nitrogen and oxygen atoms in total. The van der Waals surface area contributed by atoms with Crippen LogP contribution < -0.4 is 0 Å². The Morgan fingerprint density at radius 1 is 0.408 bits per heavy atom. The van der Waals surface area contributed by atoms with Gasteiger partial charge in [0.15, 0.2) is 5.82 Å². The molecule has 0 unspecified atom stereocenters. The van der Waals surface area contributed by atoms with Gasteiger partial charge in [0.05, 0.1) is 22.4 Å². The first-order valence-corrected chi connectivity index (χ1v) is 17.2. The first kappa shape index (κ1) is 31.8. The van der Waals surface area contributed by atoms with E-state index in [9.17, 15) is 0 Å². The summed E-state index contributed by atoms with van der Waals surface area (Å²) in [6.45, 7) is 12.9. The van der Waals surface area contributed by atoms with Gasteiger partial charge in [0.2, 0.25) is 0 Å². The van der Waals surface area contributed by atoms with Crippen molar-refractivity contribution < 1.29 is 0 Å².